The molecular formula is C32H31BN4O4S. The predicted octanol–water partition coefficient (Wildman–Crippen LogP) is 4.88. The van der Waals surface area contributed by atoms with E-state index in [-0.39, 0.29) is 22.5 Å². The van der Waals surface area contributed by atoms with E-state index in [1.165, 1.54) is 8.54 Å². The van der Waals surface area contributed by atoms with Gasteiger partial charge in [0.15, 0.2) is 0 Å². The number of benzene rings is 2. The fraction of sp³-hybridized carbons (Fsp3) is 0.250. The zero-order valence-electron chi connectivity index (χ0n) is 23.7. The summed E-state index contributed by atoms with van der Waals surface area (Å²) in [5.74, 6) is 0. The van der Waals surface area contributed by atoms with Crippen LogP contribution in [0.25, 0.3) is 27.7 Å². The predicted molar refractivity (Wildman–Crippen MR) is 164 cm³/mol. The lowest BCUT2D eigenvalue weighted by atomic mass is 9.79. The van der Waals surface area contributed by atoms with Gasteiger partial charge in [-0.2, -0.15) is 0 Å². The summed E-state index contributed by atoms with van der Waals surface area (Å²) < 4.78 is 31.6. The molecule has 42 heavy (non-hydrogen) atoms. The molecule has 0 amide bonds. The highest BCUT2D eigenvalue weighted by Crippen LogP contribution is 2.49. The highest BCUT2D eigenvalue weighted by molar-refractivity contribution is 7.90. The van der Waals surface area contributed by atoms with Crippen LogP contribution in [0.4, 0.5) is 0 Å². The number of nitrogens with zero attached hydrogens (tertiary/aromatic N) is 4. The fourth-order valence-electron chi connectivity index (χ4n) is 6.83. The molecule has 0 spiro atoms. The Kier molecular flexibility index (Phi) is 6.27. The molecule has 5 heterocycles. The largest absolute Gasteiger partial charge is 0.437 e. The summed E-state index contributed by atoms with van der Waals surface area (Å²) in [7, 11) is -4.59. The van der Waals surface area contributed by atoms with Gasteiger partial charge < -0.3 is 9.83 Å². The van der Waals surface area contributed by atoms with Crippen molar-refractivity contribution in [3.8, 4) is 16.8 Å². The lowest BCUT2D eigenvalue weighted by molar-refractivity contribution is 0.267. The highest BCUT2D eigenvalue weighted by Gasteiger charge is 2.46. The SMILES string of the molecule is CB(O)N1C2CCC1c1c(n(S(=O)(=O)c3ccc(C)cc3)c3cc(-n4ccc(-c5ccc(C)nc5)cc4=O)ccc13)C2. The summed E-state index contributed by atoms with van der Waals surface area (Å²) >= 11 is 0. The molecule has 7 rings (SSSR count). The number of fused-ring (bicyclic) bond motifs is 6. The van der Waals surface area contributed by atoms with Crippen LogP contribution in [0.1, 0.15) is 41.4 Å². The van der Waals surface area contributed by atoms with E-state index in [0.29, 0.717) is 17.6 Å². The van der Waals surface area contributed by atoms with E-state index in [2.05, 4.69) is 9.79 Å². The molecule has 3 aromatic heterocycles. The maximum atomic E-state index is 14.3. The zero-order chi connectivity index (χ0) is 29.3. The molecule has 1 saturated heterocycles. The van der Waals surface area contributed by atoms with Crippen molar-refractivity contribution in [1.82, 2.24) is 18.3 Å². The van der Waals surface area contributed by atoms with Crippen LogP contribution >= 0.6 is 0 Å². The van der Waals surface area contributed by atoms with E-state index in [1.54, 1.807) is 55.6 Å². The van der Waals surface area contributed by atoms with Crippen molar-refractivity contribution in [3.05, 3.63) is 112 Å². The Labute approximate surface area is 245 Å². The number of aryl methyl sites for hydroxylation is 2. The van der Waals surface area contributed by atoms with Crippen LogP contribution in [0.3, 0.4) is 0 Å². The first-order valence-corrected chi connectivity index (χ1v) is 15.7. The van der Waals surface area contributed by atoms with Crippen molar-refractivity contribution >= 4 is 28.0 Å². The average Bonchev–Trinajstić information content (AvgIpc) is 3.47. The molecule has 1 N–H and O–H groups in total. The van der Waals surface area contributed by atoms with E-state index < -0.39 is 17.1 Å². The van der Waals surface area contributed by atoms with E-state index in [1.807, 2.05) is 44.2 Å². The molecule has 212 valence electrons. The molecule has 0 radical (unpaired) electrons. The number of pyridine rings is 2. The van der Waals surface area contributed by atoms with Gasteiger partial charge in [-0.15, -0.1) is 0 Å². The second-order valence-corrected chi connectivity index (χ2v) is 13.3. The smallest absolute Gasteiger partial charge is 0.377 e. The summed E-state index contributed by atoms with van der Waals surface area (Å²) in [6.45, 7) is 5.62. The maximum absolute atomic E-state index is 14.3. The second-order valence-electron chi connectivity index (χ2n) is 11.5. The van der Waals surface area contributed by atoms with Gasteiger partial charge in [-0.25, -0.2) is 12.4 Å². The monoisotopic (exact) mass is 578 g/mol. The minimum absolute atomic E-state index is 0.0599. The molecule has 8 nitrogen and oxygen atoms in total. The Hall–Kier alpha value is -3.99. The third-order valence-electron chi connectivity index (χ3n) is 8.80. The Morgan fingerprint density at radius 2 is 1.74 bits per heavy atom. The van der Waals surface area contributed by atoms with Crippen molar-refractivity contribution in [2.24, 2.45) is 0 Å². The molecule has 0 saturated carbocycles. The van der Waals surface area contributed by atoms with Crippen molar-refractivity contribution in [2.45, 2.75) is 56.9 Å². The molecule has 10 heteroatoms. The standard InChI is InChI=1S/C32H31BN4O4S/c1-20-4-10-26(11-5-20)42(40,41)37-29-17-24(35-15-14-22(16-31(35)38)23-7-6-21(2)34-19-23)8-12-27(29)32-28-13-9-25(18-30(32)37)36(28)33(3)39/h4-8,10-12,14-17,19,25,28,39H,9,13,18H2,1-3H3. The van der Waals surface area contributed by atoms with Crippen LogP contribution in [0.5, 0.6) is 0 Å². The number of rotatable bonds is 5. The van der Waals surface area contributed by atoms with Gasteiger partial charge in [-0.1, -0.05) is 29.8 Å². The van der Waals surface area contributed by atoms with Crippen LogP contribution in [-0.4, -0.2) is 44.9 Å². The Morgan fingerprint density at radius 3 is 2.43 bits per heavy atom. The van der Waals surface area contributed by atoms with Crippen molar-refractivity contribution in [3.63, 3.8) is 0 Å². The van der Waals surface area contributed by atoms with Crippen LogP contribution in [0.2, 0.25) is 6.82 Å². The lowest BCUT2D eigenvalue weighted by Gasteiger charge is -2.36. The molecule has 2 unspecified atom stereocenters. The van der Waals surface area contributed by atoms with Gasteiger partial charge >= 0.3 is 7.05 Å². The summed E-state index contributed by atoms with van der Waals surface area (Å²) in [6.07, 6.45) is 5.73. The number of hydrogen-bond acceptors (Lipinski definition) is 6. The third kappa shape index (κ3) is 4.16. The molecule has 2 bridgehead atoms. The lowest BCUT2D eigenvalue weighted by Crippen LogP contribution is -2.46. The van der Waals surface area contributed by atoms with E-state index in [4.69, 9.17) is 0 Å². The Balaban J connectivity index is 1.43. The first kappa shape index (κ1) is 26.9. The molecule has 2 aliphatic heterocycles. The van der Waals surface area contributed by atoms with Crippen LogP contribution < -0.4 is 5.56 Å². The van der Waals surface area contributed by atoms with Gasteiger partial charge in [0.1, 0.15) is 0 Å². The van der Waals surface area contributed by atoms with Gasteiger partial charge in [0.2, 0.25) is 0 Å². The summed E-state index contributed by atoms with van der Waals surface area (Å²) in [6, 6.07) is 19.8. The maximum Gasteiger partial charge on any atom is 0.377 e. The second kappa shape index (κ2) is 9.79. The van der Waals surface area contributed by atoms with Crippen LogP contribution in [-0.2, 0) is 16.4 Å². The molecule has 1 fully saturated rings. The minimum atomic E-state index is -3.95. The molecule has 2 atom stereocenters. The van der Waals surface area contributed by atoms with Gasteiger partial charge in [0.25, 0.3) is 15.6 Å². The zero-order valence-corrected chi connectivity index (χ0v) is 24.5. The number of hydrogen-bond donors (Lipinski definition) is 1. The summed E-state index contributed by atoms with van der Waals surface area (Å²) in [5.41, 5.74) is 6.10. The van der Waals surface area contributed by atoms with Gasteiger partial charge in [-0.3, -0.25) is 14.3 Å². The van der Waals surface area contributed by atoms with Gasteiger partial charge in [0, 0.05) is 59.3 Å². The molecular weight excluding hydrogens is 547 g/mol. The highest BCUT2D eigenvalue weighted by atomic mass is 32.2. The first-order chi connectivity index (χ1) is 20.1. The van der Waals surface area contributed by atoms with Crippen LogP contribution in [0, 0.1) is 13.8 Å². The van der Waals surface area contributed by atoms with Crippen molar-refractivity contribution in [2.75, 3.05) is 0 Å². The topological polar surface area (TPSA) is 97.4 Å². The van der Waals surface area contributed by atoms with E-state index >= 15 is 0 Å². The van der Waals surface area contributed by atoms with Gasteiger partial charge in [0.05, 0.1) is 16.1 Å². The average molecular weight is 579 g/mol. The van der Waals surface area contributed by atoms with Crippen molar-refractivity contribution < 1.29 is 13.4 Å². The minimum Gasteiger partial charge on any atom is -0.437 e. The third-order valence-corrected chi connectivity index (χ3v) is 10.6. The summed E-state index contributed by atoms with van der Waals surface area (Å²) in [4.78, 5) is 20.0. The first-order valence-electron chi connectivity index (χ1n) is 14.2. The normalized spacial score (nSPS) is 18.4. The van der Waals surface area contributed by atoms with Crippen molar-refractivity contribution in [1.29, 1.82) is 0 Å². The fourth-order valence-corrected chi connectivity index (χ4v) is 8.40. The molecule has 2 aromatic carbocycles. The summed E-state index contributed by atoms with van der Waals surface area (Å²) in [5, 5.41) is 11.5. The molecule has 0 aliphatic carbocycles. The Morgan fingerprint density at radius 1 is 0.952 bits per heavy atom. The molecule has 5 aromatic rings. The van der Waals surface area contributed by atoms with Gasteiger partial charge in [-0.05, 0) is 81.0 Å². The van der Waals surface area contributed by atoms with E-state index in [9.17, 15) is 18.2 Å². The quantitative estimate of drug-likeness (QED) is 0.299. The molecule has 2 aliphatic rings. The Bertz CT molecular complexity index is 2020. The number of aromatic nitrogens is 3. The van der Waals surface area contributed by atoms with E-state index in [0.717, 1.165) is 51.9 Å². The van der Waals surface area contributed by atoms with Crippen LogP contribution in [0.15, 0.2) is 88.8 Å².